The fourth-order valence-corrected chi connectivity index (χ4v) is 2.67. The molecular formula is C22H23F2N5O2. The van der Waals surface area contributed by atoms with Crippen molar-refractivity contribution in [1.29, 1.82) is 0 Å². The number of ether oxygens (including phenoxy) is 1. The summed E-state index contributed by atoms with van der Waals surface area (Å²) >= 11 is 0. The minimum Gasteiger partial charge on any atom is -0.439 e. The van der Waals surface area contributed by atoms with Gasteiger partial charge in [-0.3, -0.25) is 4.79 Å². The molecule has 2 aromatic carbocycles. The Bertz CT molecular complexity index is 1030. The number of hydrogen-bond donors (Lipinski definition) is 2. The van der Waals surface area contributed by atoms with E-state index in [2.05, 4.69) is 25.5 Å². The number of anilines is 2. The maximum atomic E-state index is 13.7. The van der Waals surface area contributed by atoms with Crippen molar-refractivity contribution in [2.24, 2.45) is 0 Å². The largest absolute Gasteiger partial charge is 0.439 e. The van der Waals surface area contributed by atoms with E-state index in [4.69, 9.17) is 4.74 Å². The van der Waals surface area contributed by atoms with Gasteiger partial charge in [-0.05, 0) is 50.0 Å². The summed E-state index contributed by atoms with van der Waals surface area (Å²) in [7, 11) is 3.98. The standard InChI is InChI=1S/C22H23F2N5O2/c1-29(2)10-9-25-20-13-22(27-14-26-20)31-18-7-5-17(6-8-18)28-21(30)11-15-3-4-16(23)12-19(15)24/h3-8,12-14H,9-11H2,1-2H3,(H,28,30)(H,25,26,27). The molecule has 7 nitrogen and oxygen atoms in total. The molecule has 9 heteroatoms. The summed E-state index contributed by atoms with van der Waals surface area (Å²) in [6.45, 7) is 1.60. The lowest BCUT2D eigenvalue weighted by Crippen LogP contribution is -2.21. The van der Waals surface area contributed by atoms with Crippen LogP contribution in [-0.4, -0.2) is 48.0 Å². The molecule has 0 aliphatic rings. The SMILES string of the molecule is CN(C)CCNc1cc(Oc2ccc(NC(=O)Cc3ccc(F)cc3F)cc2)ncn1. The Balaban J connectivity index is 1.54. The van der Waals surface area contributed by atoms with Gasteiger partial charge in [-0.15, -0.1) is 0 Å². The smallest absolute Gasteiger partial charge is 0.228 e. The third-order valence-electron chi connectivity index (χ3n) is 4.23. The third kappa shape index (κ3) is 7.00. The zero-order chi connectivity index (χ0) is 22.2. The van der Waals surface area contributed by atoms with Crippen LogP contribution in [0.3, 0.4) is 0 Å². The first-order valence-electron chi connectivity index (χ1n) is 9.61. The van der Waals surface area contributed by atoms with Crippen molar-refractivity contribution in [3.8, 4) is 11.6 Å². The van der Waals surface area contributed by atoms with Crippen molar-refractivity contribution in [1.82, 2.24) is 14.9 Å². The van der Waals surface area contributed by atoms with Crippen LogP contribution in [0.5, 0.6) is 11.6 Å². The summed E-state index contributed by atoms with van der Waals surface area (Å²) in [5.74, 6) is -0.282. The predicted molar refractivity (Wildman–Crippen MR) is 114 cm³/mol. The van der Waals surface area contributed by atoms with Gasteiger partial charge in [0.25, 0.3) is 0 Å². The number of halogens is 2. The Morgan fingerprint density at radius 3 is 2.55 bits per heavy atom. The number of nitrogens with one attached hydrogen (secondary N) is 2. The average molecular weight is 427 g/mol. The maximum Gasteiger partial charge on any atom is 0.228 e. The zero-order valence-electron chi connectivity index (χ0n) is 17.2. The highest BCUT2D eigenvalue weighted by Gasteiger charge is 2.10. The van der Waals surface area contributed by atoms with Crippen molar-refractivity contribution < 1.29 is 18.3 Å². The first-order chi connectivity index (χ1) is 14.9. The summed E-state index contributed by atoms with van der Waals surface area (Å²) in [5.41, 5.74) is 0.645. The van der Waals surface area contributed by atoms with Crippen LogP contribution >= 0.6 is 0 Å². The molecule has 1 aromatic heterocycles. The van der Waals surface area contributed by atoms with Gasteiger partial charge in [-0.25, -0.2) is 18.7 Å². The van der Waals surface area contributed by atoms with Crippen LogP contribution in [0.15, 0.2) is 54.9 Å². The number of carbonyl (C=O) groups excluding carboxylic acids is 1. The van der Waals surface area contributed by atoms with E-state index >= 15 is 0 Å². The van der Waals surface area contributed by atoms with Crippen molar-refractivity contribution in [2.45, 2.75) is 6.42 Å². The fraction of sp³-hybridized carbons (Fsp3) is 0.227. The van der Waals surface area contributed by atoms with Crippen LogP contribution < -0.4 is 15.4 Å². The molecule has 0 radical (unpaired) electrons. The first-order valence-corrected chi connectivity index (χ1v) is 9.61. The molecule has 0 aliphatic heterocycles. The molecule has 1 heterocycles. The van der Waals surface area contributed by atoms with Crippen molar-refractivity contribution in [3.05, 3.63) is 72.1 Å². The second kappa shape index (κ2) is 10.4. The number of rotatable bonds is 9. The van der Waals surface area contributed by atoms with Gasteiger partial charge in [0.05, 0.1) is 6.42 Å². The van der Waals surface area contributed by atoms with Gasteiger partial charge >= 0.3 is 0 Å². The lowest BCUT2D eigenvalue weighted by atomic mass is 10.1. The molecular weight excluding hydrogens is 404 g/mol. The lowest BCUT2D eigenvalue weighted by Gasteiger charge is -2.11. The highest BCUT2D eigenvalue weighted by Crippen LogP contribution is 2.23. The number of carbonyl (C=O) groups is 1. The summed E-state index contributed by atoms with van der Waals surface area (Å²) in [5, 5.41) is 5.86. The second-order valence-electron chi connectivity index (χ2n) is 7.06. The number of benzene rings is 2. The van der Waals surface area contributed by atoms with E-state index in [1.54, 1.807) is 30.3 Å². The zero-order valence-corrected chi connectivity index (χ0v) is 17.2. The number of likely N-dealkylation sites (N-methyl/N-ethyl adjacent to an activating group) is 1. The van der Waals surface area contributed by atoms with Gasteiger partial charge in [-0.1, -0.05) is 6.07 Å². The van der Waals surface area contributed by atoms with Gasteiger partial charge in [-0.2, -0.15) is 0 Å². The molecule has 31 heavy (non-hydrogen) atoms. The van der Waals surface area contributed by atoms with Crippen LogP contribution in [0.1, 0.15) is 5.56 Å². The quantitative estimate of drug-likeness (QED) is 0.542. The first kappa shape index (κ1) is 22.1. The van der Waals surface area contributed by atoms with Crippen LogP contribution in [0.25, 0.3) is 0 Å². The predicted octanol–water partition coefficient (Wildman–Crippen LogP) is 3.70. The molecule has 3 rings (SSSR count). The molecule has 0 saturated heterocycles. The molecule has 0 unspecified atom stereocenters. The maximum absolute atomic E-state index is 13.7. The summed E-state index contributed by atoms with van der Waals surface area (Å²) in [6.07, 6.45) is 1.21. The fourth-order valence-electron chi connectivity index (χ4n) is 2.67. The highest BCUT2D eigenvalue weighted by molar-refractivity contribution is 5.92. The molecule has 0 saturated carbocycles. The molecule has 0 bridgehead atoms. The molecule has 3 aromatic rings. The summed E-state index contributed by atoms with van der Waals surface area (Å²) in [6, 6.07) is 11.5. The second-order valence-corrected chi connectivity index (χ2v) is 7.06. The molecule has 0 spiro atoms. The molecule has 0 aliphatic carbocycles. The Kier molecular flexibility index (Phi) is 7.45. The van der Waals surface area contributed by atoms with E-state index in [1.165, 1.54) is 12.4 Å². The van der Waals surface area contributed by atoms with Crippen molar-refractivity contribution in [3.63, 3.8) is 0 Å². The van der Waals surface area contributed by atoms with Gasteiger partial charge < -0.3 is 20.3 Å². The van der Waals surface area contributed by atoms with Gasteiger partial charge in [0.15, 0.2) is 0 Å². The summed E-state index contributed by atoms with van der Waals surface area (Å²) in [4.78, 5) is 22.4. The minimum atomic E-state index is -0.751. The van der Waals surface area contributed by atoms with Gasteiger partial charge in [0.2, 0.25) is 11.8 Å². The Morgan fingerprint density at radius 1 is 1.06 bits per heavy atom. The third-order valence-corrected chi connectivity index (χ3v) is 4.23. The van der Waals surface area contributed by atoms with E-state index in [0.717, 1.165) is 25.2 Å². The van der Waals surface area contributed by atoms with E-state index < -0.39 is 17.5 Å². The molecule has 162 valence electrons. The van der Waals surface area contributed by atoms with Crippen LogP contribution in [-0.2, 0) is 11.2 Å². The van der Waals surface area contributed by atoms with Crippen LogP contribution in [0, 0.1) is 11.6 Å². The van der Waals surface area contributed by atoms with Crippen molar-refractivity contribution >= 4 is 17.4 Å². The average Bonchev–Trinajstić information content (AvgIpc) is 2.72. The molecule has 2 N–H and O–H groups in total. The Labute approximate surface area is 179 Å². The van der Waals surface area contributed by atoms with Crippen LogP contribution in [0.2, 0.25) is 0 Å². The summed E-state index contributed by atoms with van der Waals surface area (Å²) < 4.78 is 32.4. The van der Waals surface area contributed by atoms with Gasteiger partial charge in [0, 0.05) is 30.9 Å². The monoisotopic (exact) mass is 427 g/mol. The topological polar surface area (TPSA) is 79.4 Å². The Hall–Kier alpha value is -3.59. The van der Waals surface area contributed by atoms with E-state index in [9.17, 15) is 13.6 Å². The number of nitrogens with zero attached hydrogens (tertiary/aromatic N) is 3. The molecule has 0 fully saturated rings. The van der Waals surface area contributed by atoms with Gasteiger partial charge in [0.1, 0.15) is 29.5 Å². The lowest BCUT2D eigenvalue weighted by molar-refractivity contribution is -0.115. The molecule has 1 amide bonds. The van der Waals surface area contributed by atoms with Crippen LogP contribution in [0.4, 0.5) is 20.3 Å². The normalized spacial score (nSPS) is 10.7. The van der Waals surface area contributed by atoms with E-state index in [1.807, 2.05) is 14.1 Å². The number of aromatic nitrogens is 2. The number of hydrogen-bond acceptors (Lipinski definition) is 6. The van der Waals surface area contributed by atoms with E-state index in [-0.39, 0.29) is 12.0 Å². The highest BCUT2D eigenvalue weighted by atomic mass is 19.1. The minimum absolute atomic E-state index is 0.123. The Morgan fingerprint density at radius 2 is 1.84 bits per heavy atom. The van der Waals surface area contributed by atoms with Crippen molar-refractivity contribution in [2.75, 3.05) is 37.8 Å². The van der Waals surface area contributed by atoms with E-state index in [0.29, 0.717) is 23.1 Å². The number of amides is 1. The molecule has 0 atom stereocenters.